The number of rotatable bonds is 1. The lowest BCUT2D eigenvalue weighted by atomic mass is 10.2. The van der Waals surface area contributed by atoms with Crippen molar-refractivity contribution in [2.45, 2.75) is 6.92 Å². The van der Waals surface area contributed by atoms with Crippen LogP contribution in [0.1, 0.15) is 16.3 Å². The van der Waals surface area contributed by atoms with Gasteiger partial charge in [0.2, 0.25) is 0 Å². The lowest BCUT2D eigenvalue weighted by molar-refractivity contribution is 0.112. The molecular formula is C10H7FN2O. The zero-order valence-electron chi connectivity index (χ0n) is 7.49. The van der Waals surface area contributed by atoms with Gasteiger partial charge < -0.3 is 0 Å². The van der Waals surface area contributed by atoms with E-state index in [4.69, 9.17) is 0 Å². The van der Waals surface area contributed by atoms with Gasteiger partial charge in [-0.15, -0.1) is 0 Å². The van der Waals surface area contributed by atoms with Gasteiger partial charge in [-0.3, -0.25) is 4.79 Å². The summed E-state index contributed by atoms with van der Waals surface area (Å²) < 4.78 is 12.9. The highest BCUT2D eigenvalue weighted by molar-refractivity contribution is 5.94. The Morgan fingerprint density at radius 1 is 1.36 bits per heavy atom. The number of aryl methyl sites for hydroxylation is 1. The van der Waals surface area contributed by atoms with E-state index in [2.05, 4.69) is 9.97 Å². The van der Waals surface area contributed by atoms with E-state index < -0.39 is 5.82 Å². The Kier molecular flexibility index (Phi) is 1.96. The molecule has 4 heteroatoms. The van der Waals surface area contributed by atoms with Crippen LogP contribution < -0.4 is 0 Å². The molecule has 2 rings (SSSR count). The summed E-state index contributed by atoms with van der Waals surface area (Å²) in [6.45, 7) is 1.69. The molecular weight excluding hydrogens is 183 g/mol. The molecule has 0 aliphatic carbocycles. The summed E-state index contributed by atoms with van der Waals surface area (Å²) in [7, 11) is 0. The third kappa shape index (κ3) is 1.35. The summed E-state index contributed by atoms with van der Waals surface area (Å²) in [5, 5.41) is 0.450. The summed E-state index contributed by atoms with van der Waals surface area (Å²) in [5.74, 6) is 0.110. The number of aldehydes is 1. The summed E-state index contributed by atoms with van der Waals surface area (Å²) in [6, 6.07) is 4.11. The standard InChI is InChI=1S/C10H7FN2O/c1-6-12-9-3-2-7(11)4-8(9)10(5-14)13-6/h2-5H,1H3. The molecule has 3 nitrogen and oxygen atoms in total. The number of nitrogens with zero attached hydrogens (tertiary/aromatic N) is 2. The molecule has 0 aliphatic rings. The quantitative estimate of drug-likeness (QED) is 0.645. The van der Waals surface area contributed by atoms with Crippen LogP contribution in [0, 0.1) is 12.7 Å². The molecule has 70 valence electrons. The predicted octanol–water partition coefficient (Wildman–Crippen LogP) is 1.89. The normalized spacial score (nSPS) is 10.4. The van der Waals surface area contributed by atoms with Gasteiger partial charge in [0, 0.05) is 5.39 Å². The molecule has 1 aromatic carbocycles. The van der Waals surface area contributed by atoms with Gasteiger partial charge in [0.25, 0.3) is 0 Å². The van der Waals surface area contributed by atoms with E-state index in [1.54, 1.807) is 6.92 Å². The van der Waals surface area contributed by atoms with Gasteiger partial charge in [0.05, 0.1) is 5.52 Å². The van der Waals surface area contributed by atoms with Crippen LogP contribution in [0.2, 0.25) is 0 Å². The van der Waals surface area contributed by atoms with E-state index in [9.17, 15) is 9.18 Å². The number of benzene rings is 1. The summed E-state index contributed by atoms with van der Waals surface area (Å²) >= 11 is 0. The molecule has 0 aliphatic heterocycles. The minimum absolute atomic E-state index is 0.229. The molecule has 0 saturated carbocycles. The molecule has 0 N–H and O–H groups in total. The third-order valence-electron chi connectivity index (χ3n) is 1.91. The van der Waals surface area contributed by atoms with Crippen molar-refractivity contribution >= 4 is 17.2 Å². The highest BCUT2D eigenvalue weighted by Crippen LogP contribution is 2.15. The van der Waals surface area contributed by atoms with Crippen molar-refractivity contribution in [3.63, 3.8) is 0 Å². The van der Waals surface area contributed by atoms with E-state index in [0.717, 1.165) is 0 Å². The molecule has 0 amide bonds. The predicted molar refractivity (Wildman–Crippen MR) is 49.6 cm³/mol. The summed E-state index contributed by atoms with van der Waals surface area (Å²) in [5.41, 5.74) is 0.813. The monoisotopic (exact) mass is 190 g/mol. The van der Waals surface area contributed by atoms with Crippen LogP contribution in [0.15, 0.2) is 18.2 Å². The van der Waals surface area contributed by atoms with E-state index in [0.29, 0.717) is 23.0 Å². The first-order valence-corrected chi connectivity index (χ1v) is 4.10. The Morgan fingerprint density at radius 2 is 2.14 bits per heavy atom. The number of aromatic nitrogens is 2. The largest absolute Gasteiger partial charge is 0.296 e. The van der Waals surface area contributed by atoms with Crippen LogP contribution in [0.4, 0.5) is 4.39 Å². The zero-order valence-corrected chi connectivity index (χ0v) is 7.49. The van der Waals surface area contributed by atoms with E-state index in [1.807, 2.05) is 0 Å². The minimum atomic E-state index is -0.395. The van der Waals surface area contributed by atoms with Crippen molar-refractivity contribution in [3.05, 3.63) is 35.5 Å². The second kappa shape index (κ2) is 3.14. The molecule has 0 unspecified atom stereocenters. The molecule has 1 heterocycles. The van der Waals surface area contributed by atoms with Gasteiger partial charge in [0.15, 0.2) is 6.29 Å². The topological polar surface area (TPSA) is 42.9 Å². The number of carbonyl (C=O) groups excluding carboxylic acids is 1. The first-order valence-electron chi connectivity index (χ1n) is 4.10. The van der Waals surface area contributed by atoms with Gasteiger partial charge in [0.1, 0.15) is 17.3 Å². The molecule has 0 saturated heterocycles. The lowest BCUT2D eigenvalue weighted by Gasteiger charge is -2.01. The molecule has 14 heavy (non-hydrogen) atoms. The van der Waals surface area contributed by atoms with Crippen molar-refractivity contribution in [1.82, 2.24) is 9.97 Å². The van der Waals surface area contributed by atoms with Crippen LogP contribution in [0.5, 0.6) is 0 Å². The molecule has 0 spiro atoms. The highest BCUT2D eigenvalue weighted by Gasteiger charge is 2.05. The van der Waals surface area contributed by atoms with Crippen molar-refractivity contribution in [2.24, 2.45) is 0 Å². The lowest BCUT2D eigenvalue weighted by Crippen LogP contribution is -1.96. The maximum Gasteiger partial charge on any atom is 0.169 e. The second-order valence-electron chi connectivity index (χ2n) is 2.94. The summed E-state index contributed by atoms with van der Waals surface area (Å²) in [4.78, 5) is 18.7. The van der Waals surface area contributed by atoms with Crippen molar-refractivity contribution in [1.29, 1.82) is 0 Å². The Hall–Kier alpha value is -1.84. The number of hydrogen-bond donors (Lipinski definition) is 0. The van der Waals surface area contributed by atoms with Gasteiger partial charge in [-0.05, 0) is 25.1 Å². The molecule has 0 atom stereocenters. The number of hydrogen-bond acceptors (Lipinski definition) is 3. The smallest absolute Gasteiger partial charge is 0.169 e. The van der Waals surface area contributed by atoms with E-state index in [1.165, 1.54) is 18.2 Å². The molecule has 0 radical (unpaired) electrons. The van der Waals surface area contributed by atoms with E-state index >= 15 is 0 Å². The molecule has 2 aromatic rings. The Balaban J connectivity index is 2.88. The fraction of sp³-hybridized carbons (Fsp3) is 0.100. The van der Waals surface area contributed by atoms with Crippen LogP contribution in [-0.4, -0.2) is 16.3 Å². The van der Waals surface area contributed by atoms with E-state index in [-0.39, 0.29) is 5.69 Å². The Labute approximate surface area is 79.6 Å². The first kappa shape index (κ1) is 8.74. The average Bonchev–Trinajstić information content (AvgIpc) is 2.17. The average molecular weight is 190 g/mol. The maximum atomic E-state index is 12.9. The van der Waals surface area contributed by atoms with Gasteiger partial charge in [-0.2, -0.15) is 0 Å². The van der Waals surface area contributed by atoms with Crippen molar-refractivity contribution in [3.8, 4) is 0 Å². The van der Waals surface area contributed by atoms with Crippen molar-refractivity contribution in [2.75, 3.05) is 0 Å². The van der Waals surface area contributed by atoms with Gasteiger partial charge in [-0.25, -0.2) is 14.4 Å². The SMILES string of the molecule is Cc1nc(C=O)c2cc(F)ccc2n1. The summed E-state index contributed by atoms with van der Waals surface area (Å²) in [6.07, 6.45) is 0.608. The number of carbonyl (C=O) groups is 1. The van der Waals surface area contributed by atoms with Crippen molar-refractivity contribution < 1.29 is 9.18 Å². The molecule has 0 bridgehead atoms. The number of halogens is 1. The minimum Gasteiger partial charge on any atom is -0.296 e. The van der Waals surface area contributed by atoms with Crippen LogP contribution in [-0.2, 0) is 0 Å². The second-order valence-corrected chi connectivity index (χ2v) is 2.94. The first-order chi connectivity index (χ1) is 6.70. The van der Waals surface area contributed by atoms with Gasteiger partial charge in [-0.1, -0.05) is 0 Å². The zero-order chi connectivity index (χ0) is 10.1. The molecule has 0 fully saturated rings. The fourth-order valence-electron chi connectivity index (χ4n) is 1.33. The highest BCUT2D eigenvalue weighted by atomic mass is 19.1. The number of fused-ring (bicyclic) bond motifs is 1. The maximum absolute atomic E-state index is 12.9. The van der Waals surface area contributed by atoms with Gasteiger partial charge >= 0.3 is 0 Å². The van der Waals surface area contributed by atoms with Crippen LogP contribution in [0.3, 0.4) is 0 Å². The van der Waals surface area contributed by atoms with Crippen LogP contribution >= 0.6 is 0 Å². The Bertz CT molecular complexity index is 511. The third-order valence-corrected chi connectivity index (χ3v) is 1.91. The molecule has 1 aromatic heterocycles. The van der Waals surface area contributed by atoms with Crippen LogP contribution in [0.25, 0.3) is 10.9 Å². The Morgan fingerprint density at radius 3 is 2.86 bits per heavy atom. The fourth-order valence-corrected chi connectivity index (χ4v) is 1.33.